The first kappa shape index (κ1) is 16.5. The number of amides is 2. The number of rotatable bonds is 5. The van der Waals surface area contributed by atoms with E-state index in [2.05, 4.69) is 20.5 Å². The number of piperidine rings is 1. The zero-order chi connectivity index (χ0) is 16.8. The van der Waals surface area contributed by atoms with Crippen molar-refractivity contribution in [3.63, 3.8) is 0 Å². The van der Waals surface area contributed by atoms with E-state index in [0.29, 0.717) is 12.4 Å². The maximum Gasteiger partial charge on any atom is 0.320 e. The predicted octanol–water partition coefficient (Wildman–Crippen LogP) is 3.33. The van der Waals surface area contributed by atoms with Crippen LogP contribution in [0.2, 0.25) is 0 Å². The number of furan rings is 1. The van der Waals surface area contributed by atoms with Gasteiger partial charge < -0.3 is 9.73 Å². The zero-order valence-corrected chi connectivity index (χ0v) is 14.0. The van der Waals surface area contributed by atoms with Crippen LogP contribution < -0.4 is 10.6 Å². The SMILES string of the molecule is Cc1cccnc1NC(=O)NC[C@@H](c1ccco1)N1CCCCC1. The van der Waals surface area contributed by atoms with Gasteiger partial charge >= 0.3 is 6.03 Å². The molecule has 6 nitrogen and oxygen atoms in total. The molecule has 0 unspecified atom stereocenters. The maximum atomic E-state index is 12.2. The normalized spacial score (nSPS) is 16.5. The number of carbonyl (C=O) groups excluding carboxylic acids is 1. The van der Waals surface area contributed by atoms with E-state index in [1.54, 1.807) is 12.5 Å². The first-order valence-corrected chi connectivity index (χ1v) is 8.48. The average molecular weight is 328 g/mol. The fourth-order valence-electron chi connectivity index (χ4n) is 3.08. The molecule has 1 saturated heterocycles. The van der Waals surface area contributed by atoms with Gasteiger partial charge in [0.1, 0.15) is 11.6 Å². The summed E-state index contributed by atoms with van der Waals surface area (Å²) in [4.78, 5) is 18.8. The molecular formula is C18H24N4O2. The predicted molar refractivity (Wildman–Crippen MR) is 92.9 cm³/mol. The van der Waals surface area contributed by atoms with Crippen molar-refractivity contribution in [3.8, 4) is 0 Å². The third-order valence-electron chi connectivity index (χ3n) is 4.40. The Kier molecular flexibility index (Phi) is 5.48. The Bertz CT molecular complexity index is 651. The Morgan fingerprint density at radius 2 is 2.12 bits per heavy atom. The van der Waals surface area contributed by atoms with Crippen LogP contribution in [-0.2, 0) is 0 Å². The molecule has 1 fully saturated rings. The highest BCUT2D eigenvalue weighted by molar-refractivity contribution is 5.88. The molecule has 0 spiro atoms. The van der Waals surface area contributed by atoms with Crippen molar-refractivity contribution in [1.82, 2.24) is 15.2 Å². The number of aryl methyl sites for hydroxylation is 1. The van der Waals surface area contributed by atoms with E-state index in [-0.39, 0.29) is 12.1 Å². The van der Waals surface area contributed by atoms with Crippen molar-refractivity contribution >= 4 is 11.8 Å². The van der Waals surface area contributed by atoms with Gasteiger partial charge in [-0.2, -0.15) is 0 Å². The highest BCUT2D eigenvalue weighted by atomic mass is 16.3. The minimum Gasteiger partial charge on any atom is -0.468 e. The summed E-state index contributed by atoms with van der Waals surface area (Å²) < 4.78 is 5.59. The number of aromatic nitrogens is 1. The quantitative estimate of drug-likeness (QED) is 0.883. The lowest BCUT2D eigenvalue weighted by Gasteiger charge is -2.33. The van der Waals surface area contributed by atoms with Crippen LogP contribution in [0.5, 0.6) is 0 Å². The lowest BCUT2D eigenvalue weighted by atomic mass is 10.1. The molecule has 0 radical (unpaired) electrons. The molecule has 0 aliphatic carbocycles. The van der Waals surface area contributed by atoms with E-state index < -0.39 is 0 Å². The van der Waals surface area contributed by atoms with Crippen molar-refractivity contribution in [3.05, 3.63) is 48.0 Å². The lowest BCUT2D eigenvalue weighted by molar-refractivity contribution is 0.144. The smallest absolute Gasteiger partial charge is 0.320 e. The summed E-state index contributed by atoms with van der Waals surface area (Å²) in [6.45, 7) is 4.50. The highest BCUT2D eigenvalue weighted by Gasteiger charge is 2.24. The van der Waals surface area contributed by atoms with Crippen LogP contribution in [0.15, 0.2) is 41.1 Å². The van der Waals surface area contributed by atoms with Gasteiger partial charge in [0.15, 0.2) is 0 Å². The molecular weight excluding hydrogens is 304 g/mol. The third kappa shape index (κ3) is 4.14. The van der Waals surface area contributed by atoms with Crippen LogP contribution in [0.25, 0.3) is 0 Å². The minimum atomic E-state index is -0.245. The number of nitrogens with zero attached hydrogens (tertiary/aromatic N) is 2. The number of pyridine rings is 1. The van der Waals surface area contributed by atoms with Gasteiger partial charge in [0.2, 0.25) is 0 Å². The van der Waals surface area contributed by atoms with Crippen LogP contribution in [0, 0.1) is 6.92 Å². The molecule has 3 heterocycles. The summed E-state index contributed by atoms with van der Waals surface area (Å²) in [5.74, 6) is 1.48. The Hall–Kier alpha value is -2.34. The Balaban J connectivity index is 1.61. The highest BCUT2D eigenvalue weighted by Crippen LogP contribution is 2.24. The standard InChI is InChI=1S/C18H24N4O2/c1-14-7-5-9-19-17(14)21-18(23)20-13-15(16-8-6-12-24-16)22-10-3-2-4-11-22/h5-9,12,15H,2-4,10-11,13H2,1H3,(H2,19,20,21,23)/t15-/m0/s1. The lowest BCUT2D eigenvalue weighted by Crippen LogP contribution is -2.41. The summed E-state index contributed by atoms with van der Waals surface area (Å²) in [6, 6.07) is 7.45. The van der Waals surface area contributed by atoms with E-state index in [9.17, 15) is 4.79 Å². The molecule has 128 valence electrons. The van der Waals surface area contributed by atoms with E-state index in [1.165, 1.54) is 19.3 Å². The van der Waals surface area contributed by atoms with Crippen molar-refractivity contribution in [1.29, 1.82) is 0 Å². The Morgan fingerprint density at radius 1 is 1.29 bits per heavy atom. The molecule has 24 heavy (non-hydrogen) atoms. The summed E-state index contributed by atoms with van der Waals surface area (Å²) in [5.41, 5.74) is 0.936. The van der Waals surface area contributed by atoms with Gasteiger partial charge in [-0.1, -0.05) is 12.5 Å². The van der Waals surface area contributed by atoms with Gasteiger partial charge in [-0.15, -0.1) is 0 Å². The molecule has 6 heteroatoms. The second-order valence-corrected chi connectivity index (χ2v) is 6.13. The van der Waals surface area contributed by atoms with Crippen LogP contribution in [0.3, 0.4) is 0 Å². The number of likely N-dealkylation sites (tertiary alicyclic amines) is 1. The largest absolute Gasteiger partial charge is 0.468 e. The summed E-state index contributed by atoms with van der Waals surface area (Å²) in [6.07, 6.45) is 7.01. The fraction of sp³-hybridized carbons (Fsp3) is 0.444. The summed E-state index contributed by atoms with van der Waals surface area (Å²) >= 11 is 0. The minimum absolute atomic E-state index is 0.0656. The van der Waals surface area contributed by atoms with Gasteiger partial charge in [0.25, 0.3) is 0 Å². The zero-order valence-electron chi connectivity index (χ0n) is 14.0. The van der Waals surface area contributed by atoms with Crippen LogP contribution in [-0.4, -0.2) is 35.5 Å². The molecule has 1 aliphatic heterocycles. The van der Waals surface area contributed by atoms with E-state index >= 15 is 0 Å². The molecule has 1 aliphatic rings. The first-order valence-electron chi connectivity index (χ1n) is 8.48. The van der Waals surface area contributed by atoms with Crippen LogP contribution in [0.4, 0.5) is 10.6 Å². The first-order chi connectivity index (χ1) is 11.7. The van der Waals surface area contributed by atoms with E-state index in [0.717, 1.165) is 24.4 Å². The number of hydrogen-bond acceptors (Lipinski definition) is 4. The van der Waals surface area contributed by atoms with Gasteiger partial charge in [-0.3, -0.25) is 10.2 Å². The van der Waals surface area contributed by atoms with Crippen molar-refractivity contribution in [2.24, 2.45) is 0 Å². The Morgan fingerprint density at radius 3 is 2.83 bits per heavy atom. The topological polar surface area (TPSA) is 70.4 Å². The Labute approximate surface area is 142 Å². The van der Waals surface area contributed by atoms with E-state index in [4.69, 9.17) is 4.42 Å². The number of hydrogen-bond donors (Lipinski definition) is 2. The van der Waals surface area contributed by atoms with Crippen molar-refractivity contribution in [2.75, 3.05) is 25.0 Å². The van der Waals surface area contributed by atoms with Crippen LogP contribution in [0.1, 0.15) is 36.6 Å². The third-order valence-corrected chi connectivity index (χ3v) is 4.40. The molecule has 1 atom stereocenters. The number of anilines is 1. The monoisotopic (exact) mass is 328 g/mol. The van der Waals surface area contributed by atoms with Gasteiger partial charge in [-0.25, -0.2) is 9.78 Å². The van der Waals surface area contributed by atoms with Crippen molar-refractivity contribution in [2.45, 2.75) is 32.2 Å². The number of urea groups is 1. The van der Waals surface area contributed by atoms with Gasteiger partial charge in [0.05, 0.1) is 12.3 Å². The molecule has 2 aromatic heterocycles. The number of carbonyl (C=O) groups is 1. The molecule has 2 N–H and O–H groups in total. The fourth-order valence-corrected chi connectivity index (χ4v) is 3.08. The second kappa shape index (κ2) is 7.97. The number of nitrogens with one attached hydrogen (secondary N) is 2. The molecule has 3 rings (SSSR count). The van der Waals surface area contributed by atoms with Crippen LogP contribution >= 0.6 is 0 Å². The summed E-state index contributed by atoms with van der Waals surface area (Å²) in [5, 5.41) is 5.76. The molecule has 0 bridgehead atoms. The van der Waals surface area contributed by atoms with Gasteiger partial charge in [-0.05, 0) is 56.6 Å². The molecule has 0 saturated carbocycles. The molecule has 2 aromatic rings. The van der Waals surface area contributed by atoms with E-state index in [1.807, 2.05) is 31.2 Å². The summed E-state index contributed by atoms with van der Waals surface area (Å²) in [7, 11) is 0. The van der Waals surface area contributed by atoms with Gasteiger partial charge in [0, 0.05) is 12.7 Å². The second-order valence-electron chi connectivity index (χ2n) is 6.13. The molecule has 2 amide bonds. The molecule has 0 aromatic carbocycles. The maximum absolute atomic E-state index is 12.2. The van der Waals surface area contributed by atoms with Crippen molar-refractivity contribution < 1.29 is 9.21 Å². The average Bonchev–Trinajstić information content (AvgIpc) is 3.12.